The number of anilines is 2. The van der Waals surface area contributed by atoms with Gasteiger partial charge in [-0.2, -0.15) is 0 Å². The summed E-state index contributed by atoms with van der Waals surface area (Å²) in [6.45, 7) is 4.15. The lowest BCUT2D eigenvalue weighted by molar-refractivity contribution is 0.411. The van der Waals surface area contributed by atoms with E-state index in [9.17, 15) is 4.39 Å². The van der Waals surface area contributed by atoms with E-state index in [0.717, 1.165) is 18.8 Å². The first-order valence-corrected chi connectivity index (χ1v) is 6.56. The van der Waals surface area contributed by atoms with Gasteiger partial charge in [-0.05, 0) is 38.0 Å². The van der Waals surface area contributed by atoms with E-state index in [2.05, 4.69) is 17.1 Å². The van der Waals surface area contributed by atoms with E-state index < -0.39 is 0 Å². The molecule has 1 saturated carbocycles. The monoisotopic (exact) mass is 234 g/mol. The lowest BCUT2D eigenvalue weighted by Crippen LogP contribution is -2.54. The van der Waals surface area contributed by atoms with Gasteiger partial charge in [-0.25, -0.2) is 4.39 Å². The third-order valence-electron chi connectivity index (χ3n) is 4.28. The van der Waals surface area contributed by atoms with Crippen molar-refractivity contribution < 1.29 is 4.39 Å². The highest BCUT2D eigenvalue weighted by molar-refractivity contribution is 5.74. The van der Waals surface area contributed by atoms with Crippen LogP contribution < -0.4 is 10.2 Å². The Morgan fingerprint density at radius 2 is 2.12 bits per heavy atom. The van der Waals surface area contributed by atoms with Crippen LogP contribution in [-0.4, -0.2) is 18.6 Å². The largest absolute Gasteiger partial charge is 0.381 e. The van der Waals surface area contributed by atoms with Crippen molar-refractivity contribution in [3.8, 4) is 0 Å². The highest BCUT2D eigenvalue weighted by Gasteiger charge is 2.42. The molecule has 0 bridgehead atoms. The van der Waals surface area contributed by atoms with Crippen LogP contribution >= 0.6 is 0 Å². The van der Waals surface area contributed by atoms with Gasteiger partial charge in [0, 0.05) is 13.1 Å². The van der Waals surface area contributed by atoms with E-state index >= 15 is 0 Å². The van der Waals surface area contributed by atoms with E-state index in [1.165, 1.54) is 31.4 Å². The molecule has 3 rings (SSSR count). The van der Waals surface area contributed by atoms with E-state index in [0.29, 0.717) is 0 Å². The van der Waals surface area contributed by atoms with Crippen LogP contribution in [0.25, 0.3) is 0 Å². The minimum atomic E-state index is -0.158. The first-order valence-electron chi connectivity index (χ1n) is 6.56. The van der Waals surface area contributed by atoms with Crippen molar-refractivity contribution >= 4 is 11.4 Å². The SMILES string of the molecule is CCN1c2ccc(F)cc2NCC12CCCC2. The molecule has 0 aromatic heterocycles. The molecule has 1 aliphatic heterocycles. The predicted octanol–water partition coefficient (Wildman–Crippen LogP) is 3.39. The van der Waals surface area contributed by atoms with Crippen LogP contribution in [0, 0.1) is 5.82 Å². The molecule has 1 fully saturated rings. The van der Waals surface area contributed by atoms with E-state index in [4.69, 9.17) is 0 Å². The molecular weight excluding hydrogens is 215 g/mol. The number of hydrogen-bond acceptors (Lipinski definition) is 2. The summed E-state index contributed by atoms with van der Waals surface area (Å²) in [5.74, 6) is -0.158. The van der Waals surface area contributed by atoms with Crippen LogP contribution in [0.3, 0.4) is 0 Å². The summed E-state index contributed by atoms with van der Waals surface area (Å²) in [4.78, 5) is 2.48. The Balaban J connectivity index is 2.03. The molecule has 1 aromatic carbocycles. The molecule has 1 heterocycles. The van der Waals surface area contributed by atoms with Crippen molar-refractivity contribution in [2.45, 2.75) is 38.1 Å². The van der Waals surface area contributed by atoms with Crippen LogP contribution in [0.2, 0.25) is 0 Å². The first-order chi connectivity index (χ1) is 8.25. The number of halogens is 1. The molecule has 3 heteroatoms. The van der Waals surface area contributed by atoms with Crippen molar-refractivity contribution in [3.63, 3.8) is 0 Å². The Morgan fingerprint density at radius 3 is 2.82 bits per heavy atom. The van der Waals surface area contributed by atoms with Crippen LogP contribution in [0.4, 0.5) is 15.8 Å². The molecule has 2 nitrogen and oxygen atoms in total. The standard InChI is InChI=1S/C14H19FN2/c1-2-17-13-6-5-11(15)9-12(13)16-10-14(17)7-3-4-8-14/h5-6,9,16H,2-4,7-8,10H2,1H3. The molecule has 0 atom stereocenters. The molecule has 0 radical (unpaired) electrons. The summed E-state index contributed by atoms with van der Waals surface area (Å²) in [6, 6.07) is 5.09. The maximum atomic E-state index is 13.2. The van der Waals surface area contributed by atoms with Gasteiger partial charge in [0.05, 0.1) is 16.9 Å². The summed E-state index contributed by atoms with van der Waals surface area (Å²) in [5, 5.41) is 3.42. The van der Waals surface area contributed by atoms with E-state index in [1.54, 1.807) is 12.1 Å². The molecule has 0 unspecified atom stereocenters. The van der Waals surface area contributed by atoms with Crippen LogP contribution in [0.15, 0.2) is 18.2 Å². The van der Waals surface area contributed by atoms with Gasteiger partial charge in [0.25, 0.3) is 0 Å². The zero-order chi connectivity index (χ0) is 11.9. The van der Waals surface area contributed by atoms with Gasteiger partial charge < -0.3 is 10.2 Å². The Morgan fingerprint density at radius 1 is 1.35 bits per heavy atom. The van der Waals surface area contributed by atoms with Crippen LogP contribution in [0.5, 0.6) is 0 Å². The van der Waals surface area contributed by atoms with Gasteiger partial charge in [-0.1, -0.05) is 12.8 Å². The molecule has 0 saturated heterocycles. The van der Waals surface area contributed by atoms with Crippen molar-refractivity contribution in [2.24, 2.45) is 0 Å². The van der Waals surface area contributed by atoms with Crippen LogP contribution in [0.1, 0.15) is 32.6 Å². The Kier molecular flexibility index (Phi) is 2.49. The Bertz CT molecular complexity index is 424. The number of likely N-dealkylation sites (N-methyl/N-ethyl adjacent to an activating group) is 1. The maximum absolute atomic E-state index is 13.2. The summed E-state index contributed by atoms with van der Waals surface area (Å²) in [5.41, 5.74) is 2.39. The number of fused-ring (bicyclic) bond motifs is 1. The predicted molar refractivity (Wildman–Crippen MR) is 69.1 cm³/mol. The molecule has 1 spiro atoms. The number of benzene rings is 1. The summed E-state index contributed by atoms with van der Waals surface area (Å²) >= 11 is 0. The smallest absolute Gasteiger partial charge is 0.125 e. The normalized spacial score (nSPS) is 21.4. The second-order valence-electron chi connectivity index (χ2n) is 5.19. The summed E-state index contributed by atoms with van der Waals surface area (Å²) in [7, 11) is 0. The number of nitrogens with one attached hydrogen (secondary N) is 1. The van der Waals surface area contributed by atoms with Gasteiger partial charge in [0.15, 0.2) is 0 Å². The number of hydrogen-bond donors (Lipinski definition) is 1. The highest BCUT2D eigenvalue weighted by atomic mass is 19.1. The van der Waals surface area contributed by atoms with Gasteiger partial charge >= 0.3 is 0 Å². The fourth-order valence-corrected chi connectivity index (χ4v) is 3.48. The molecule has 0 amide bonds. The average molecular weight is 234 g/mol. The third-order valence-corrected chi connectivity index (χ3v) is 4.28. The summed E-state index contributed by atoms with van der Waals surface area (Å²) in [6.07, 6.45) is 5.14. The molecule has 92 valence electrons. The van der Waals surface area contributed by atoms with Crippen LogP contribution in [-0.2, 0) is 0 Å². The van der Waals surface area contributed by atoms with E-state index in [-0.39, 0.29) is 11.4 Å². The molecular formula is C14H19FN2. The topological polar surface area (TPSA) is 15.3 Å². The fourth-order valence-electron chi connectivity index (χ4n) is 3.48. The fraction of sp³-hybridized carbons (Fsp3) is 0.571. The molecule has 2 aliphatic rings. The highest BCUT2D eigenvalue weighted by Crippen LogP contribution is 2.44. The van der Waals surface area contributed by atoms with Gasteiger partial charge in [0.1, 0.15) is 5.82 Å². The second-order valence-corrected chi connectivity index (χ2v) is 5.19. The van der Waals surface area contributed by atoms with Crippen molar-refractivity contribution in [1.82, 2.24) is 0 Å². The second kappa shape index (κ2) is 3.90. The number of rotatable bonds is 1. The quantitative estimate of drug-likeness (QED) is 0.801. The van der Waals surface area contributed by atoms with Crippen molar-refractivity contribution in [1.29, 1.82) is 0 Å². The zero-order valence-electron chi connectivity index (χ0n) is 10.3. The minimum Gasteiger partial charge on any atom is -0.381 e. The first kappa shape index (κ1) is 10.9. The molecule has 1 N–H and O–H groups in total. The lowest BCUT2D eigenvalue weighted by Gasteiger charge is -2.47. The minimum absolute atomic E-state index is 0.158. The Labute approximate surface area is 102 Å². The lowest BCUT2D eigenvalue weighted by atomic mass is 9.91. The molecule has 1 aromatic rings. The summed E-state index contributed by atoms with van der Waals surface area (Å²) < 4.78 is 13.2. The van der Waals surface area contributed by atoms with Gasteiger partial charge in [-0.15, -0.1) is 0 Å². The average Bonchev–Trinajstić information content (AvgIpc) is 2.79. The van der Waals surface area contributed by atoms with Crippen molar-refractivity contribution in [2.75, 3.05) is 23.3 Å². The van der Waals surface area contributed by atoms with Gasteiger partial charge in [-0.3, -0.25) is 0 Å². The maximum Gasteiger partial charge on any atom is 0.125 e. The van der Waals surface area contributed by atoms with Gasteiger partial charge in [0.2, 0.25) is 0 Å². The Hall–Kier alpha value is -1.25. The third kappa shape index (κ3) is 1.60. The zero-order valence-corrected chi connectivity index (χ0v) is 10.3. The molecule has 17 heavy (non-hydrogen) atoms. The number of nitrogens with zero attached hydrogens (tertiary/aromatic N) is 1. The van der Waals surface area contributed by atoms with Crippen molar-refractivity contribution in [3.05, 3.63) is 24.0 Å². The molecule has 1 aliphatic carbocycles. The van der Waals surface area contributed by atoms with E-state index in [1.807, 2.05) is 6.07 Å².